The van der Waals surface area contributed by atoms with Gasteiger partial charge in [-0.2, -0.15) is 0 Å². The Morgan fingerprint density at radius 3 is 2.81 bits per heavy atom. The summed E-state index contributed by atoms with van der Waals surface area (Å²) in [6.07, 6.45) is 2.36. The van der Waals surface area contributed by atoms with Crippen LogP contribution in [0.5, 0.6) is 0 Å². The van der Waals surface area contributed by atoms with Gasteiger partial charge in [-0.1, -0.05) is 0 Å². The molecule has 0 bridgehead atoms. The largest absolute Gasteiger partial charge is 0.389 e. The number of likely N-dealkylation sites (tertiary alicyclic amines) is 1. The van der Waals surface area contributed by atoms with Crippen LogP contribution in [0, 0.1) is 0 Å². The molecule has 1 rings (SSSR count). The number of hydrogen-bond acceptors (Lipinski definition) is 4. The molecular weight excluding hydrogens is 204 g/mol. The molecule has 2 atom stereocenters. The minimum Gasteiger partial charge on any atom is -0.389 e. The zero-order chi connectivity index (χ0) is 12.0. The topological polar surface area (TPSA) is 44.7 Å². The molecule has 1 aliphatic heterocycles. The minimum atomic E-state index is -0.394. The first-order valence-corrected chi connectivity index (χ1v) is 6.30. The van der Waals surface area contributed by atoms with Crippen molar-refractivity contribution in [2.75, 3.05) is 33.3 Å². The highest BCUT2D eigenvalue weighted by Gasteiger charge is 2.20. The SMILES string of the molecule is CC(C)OCC(O)CNCC1CCCN1C. The van der Waals surface area contributed by atoms with Gasteiger partial charge in [0.25, 0.3) is 0 Å². The fraction of sp³-hybridized carbons (Fsp3) is 1.00. The molecular formula is C12H26N2O2. The molecule has 2 N–H and O–H groups in total. The summed E-state index contributed by atoms with van der Waals surface area (Å²) in [6, 6.07) is 0.637. The van der Waals surface area contributed by atoms with E-state index in [-0.39, 0.29) is 6.10 Å². The predicted molar refractivity (Wildman–Crippen MR) is 65.6 cm³/mol. The van der Waals surface area contributed by atoms with E-state index in [1.54, 1.807) is 0 Å². The smallest absolute Gasteiger partial charge is 0.0897 e. The molecule has 0 spiro atoms. The molecule has 0 aromatic carbocycles. The van der Waals surface area contributed by atoms with Gasteiger partial charge in [0, 0.05) is 19.1 Å². The molecule has 0 radical (unpaired) electrons. The number of likely N-dealkylation sites (N-methyl/N-ethyl adjacent to an activating group) is 1. The average molecular weight is 230 g/mol. The van der Waals surface area contributed by atoms with Crippen molar-refractivity contribution in [3.8, 4) is 0 Å². The Morgan fingerprint density at radius 1 is 1.50 bits per heavy atom. The van der Waals surface area contributed by atoms with Gasteiger partial charge in [-0.05, 0) is 40.3 Å². The lowest BCUT2D eigenvalue weighted by Crippen LogP contribution is -2.39. The number of rotatable bonds is 7. The number of aliphatic hydroxyl groups excluding tert-OH is 1. The van der Waals surface area contributed by atoms with Gasteiger partial charge >= 0.3 is 0 Å². The van der Waals surface area contributed by atoms with Gasteiger partial charge in [0.2, 0.25) is 0 Å². The average Bonchev–Trinajstić information content (AvgIpc) is 2.61. The van der Waals surface area contributed by atoms with Crippen molar-refractivity contribution in [2.45, 2.75) is 44.9 Å². The van der Waals surface area contributed by atoms with Crippen molar-refractivity contribution in [3.63, 3.8) is 0 Å². The number of ether oxygens (including phenoxy) is 1. The van der Waals surface area contributed by atoms with Crippen molar-refractivity contribution >= 4 is 0 Å². The summed E-state index contributed by atoms with van der Waals surface area (Å²) in [5.41, 5.74) is 0. The molecule has 1 aliphatic rings. The maximum absolute atomic E-state index is 9.64. The van der Waals surface area contributed by atoms with Gasteiger partial charge in [-0.15, -0.1) is 0 Å². The maximum Gasteiger partial charge on any atom is 0.0897 e. The van der Waals surface area contributed by atoms with Gasteiger partial charge in [0.1, 0.15) is 0 Å². The van der Waals surface area contributed by atoms with E-state index in [1.165, 1.54) is 19.4 Å². The van der Waals surface area contributed by atoms with Gasteiger partial charge < -0.3 is 20.1 Å². The van der Waals surface area contributed by atoms with E-state index < -0.39 is 6.10 Å². The second-order valence-corrected chi connectivity index (χ2v) is 4.97. The molecule has 4 heteroatoms. The normalized spacial score (nSPS) is 24.2. The van der Waals surface area contributed by atoms with Crippen LogP contribution in [0.1, 0.15) is 26.7 Å². The second kappa shape index (κ2) is 7.22. The van der Waals surface area contributed by atoms with E-state index in [0.717, 1.165) is 6.54 Å². The molecule has 1 heterocycles. The summed E-state index contributed by atoms with van der Waals surface area (Å²) in [5, 5.41) is 12.9. The Kier molecular flexibility index (Phi) is 6.28. The van der Waals surface area contributed by atoms with Crippen LogP contribution in [0.2, 0.25) is 0 Å². The molecule has 0 amide bonds. The van der Waals surface area contributed by atoms with Crippen LogP contribution in [0.15, 0.2) is 0 Å². The van der Waals surface area contributed by atoms with E-state index in [4.69, 9.17) is 4.74 Å². The zero-order valence-corrected chi connectivity index (χ0v) is 10.8. The fourth-order valence-corrected chi connectivity index (χ4v) is 2.02. The standard InChI is InChI=1S/C12H26N2O2/c1-10(2)16-9-12(15)8-13-7-11-5-4-6-14(11)3/h10-13,15H,4-9H2,1-3H3. The van der Waals surface area contributed by atoms with Gasteiger partial charge in [-0.3, -0.25) is 0 Å². The Labute approximate surface area is 99.0 Å². The van der Waals surface area contributed by atoms with Gasteiger partial charge in [-0.25, -0.2) is 0 Å². The molecule has 0 aromatic heterocycles. The molecule has 0 aliphatic carbocycles. The highest BCUT2D eigenvalue weighted by Crippen LogP contribution is 2.13. The summed E-state index contributed by atoms with van der Waals surface area (Å²) in [4.78, 5) is 2.38. The second-order valence-electron chi connectivity index (χ2n) is 4.97. The quantitative estimate of drug-likeness (QED) is 0.667. The highest BCUT2D eigenvalue weighted by atomic mass is 16.5. The number of nitrogens with one attached hydrogen (secondary N) is 1. The monoisotopic (exact) mass is 230 g/mol. The third-order valence-corrected chi connectivity index (χ3v) is 3.05. The molecule has 0 saturated carbocycles. The van der Waals surface area contributed by atoms with E-state index in [1.807, 2.05) is 13.8 Å². The summed E-state index contributed by atoms with van der Waals surface area (Å²) in [5.74, 6) is 0. The minimum absolute atomic E-state index is 0.190. The van der Waals surface area contributed by atoms with Crippen molar-refractivity contribution in [1.29, 1.82) is 0 Å². The number of nitrogens with zero attached hydrogens (tertiary/aromatic N) is 1. The van der Waals surface area contributed by atoms with Crippen molar-refractivity contribution in [3.05, 3.63) is 0 Å². The van der Waals surface area contributed by atoms with E-state index in [0.29, 0.717) is 19.2 Å². The molecule has 0 aromatic rings. The van der Waals surface area contributed by atoms with E-state index in [2.05, 4.69) is 17.3 Å². The Balaban J connectivity index is 2.01. The first kappa shape index (κ1) is 13.9. The maximum atomic E-state index is 9.64. The van der Waals surface area contributed by atoms with Crippen LogP contribution < -0.4 is 5.32 Å². The summed E-state index contributed by atoms with van der Waals surface area (Å²) >= 11 is 0. The first-order valence-electron chi connectivity index (χ1n) is 6.30. The molecule has 1 fully saturated rings. The third-order valence-electron chi connectivity index (χ3n) is 3.05. The molecule has 96 valence electrons. The number of aliphatic hydroxyl groups is 1. The highest BCUT2D eigenvalue weighted by molar-refractivity contribution is 4.78. The molecule has 2 unspecified atom stereocenters. The van der Waals surface area contributed by atoms with E-state index >= 15 is 0 Å². The Morgan fingerprint density at radius 2 is 2.25 bits per heavy atom. The van der Waals surface area contributed by atoms with Crippen LogP contribution in [-0.2, 0) is 4.74 Å². The molecule has 1 saturated heterocycles. The van der Waals surface area contributed by atoms with Crippen LogP contribution in [0.4, 0.5) is 0 Å². The predicted octanol–water partition coefficient (Wildman–Crippen LogP) is 0.456. The number of hydrogen-bond donors (Lipinski definition) is 2. The lowest BCUT2D eigenvalue weighted by molar-refractivity contribution is 0.00607. The van der Waals surface area contributed by atoms with Crippen molar-refractivity contribution < 1.29 is 9.84 Å². The lowest BCUT2D eigenvalue weighted by Gasteiger charge is -2.21. The van der Waals surface area contributed by atoms with E-state index in [9.17, 15) is 5.11 Å². The Hall–Kier alpha value is -0.160. The lowest BCUT2D eigenvalue weighted by atomic mass is 10.2. The zero-order valence-electron chi connectivity index (χ0n) is 10.8. The molecule has 4 nitrogen and oxygen atoms in total. The summed E-state index contributed by atoms with van der Waals surface area (Å²) < 4.78 is 5.35. The van der Waals surface area contributed by atoms with Crippen LogP contribution >= 0.6 is 0 Å². The fourth-order valence-electron chi connectivity index (χ4n) is 2.02. The van der Waals surface area contributed by atoms with Gasteiger partial charge in [0.15, 0.2) is 0 Å². The third kappa shape index (κ3) is 5.25. The van der Waals surface area contributed by atoms with Crippen LogP contribution in [-0.4, -0.2) is 61.5 Å². The Bertz CT molecular complexity index is 188. The van der Waals surface area contributed by atoms with Crippen molar-refractivity contribution in [2.24, 2.45) is 0 Å². The molecule has 16 heavy (non-hydrogen) atoms. The first-order chi connectivity index (χ1) is 7.59. The van der Waals surface area contributed by atoms with Crippen LogP contribution in [0.25, 0.3) is 0 Å². The van der Waals surface area contributed by atoms with Crippen LogP contribution in [0.3, 0.4) is 0 Å². The summed E-state index contributed by atoms with van der Waals surface area (Å²) in [7, 11) is 2.16. The van der Waals surface area contributed by atoms with Gasteiger partial charge in [0.05, 0.1) is 18.8 Å². The van der Waals surface area contributed by atoms with Crippen molar-refractivity contribution in [1.82, 2.24) is 10.2 Å². The summed E-state index contributed by atoms with van der Waals surface area (Å²) in [6.45, 7) is 7.17.